The van der Waals surface area contributed by atoms with Crippen molar-refractivity contribution in [3.05, 3.63) is 17.5 Å². The van der Waals surface area contributed by atoms with Crippen LogP contribution in [-0.2, 0) is 0 Å². The highest BCUT2D eigenvalue weighted by molar-refractivity contribution is 5.91. The summed E-state index contributed by atoms with van der Waals surface area (Å²) < 4.78 is 4.94. The van der Waals surface area contributed by atoms with Crippen LogP contribution in [0.15, 0.2) is 10.6 Å². The van der Waals surface area contributed by atoms with E-state index >= 15 is 0 Å². The second-order valence-electron chi connectivity index (χ2n) is 5.42. The summed E-state index contributed by atoms with van der Waals surface area (Å²) in [6.45, 7) is 4.86. The largest absolute Gasteiger partial charge is 0.351 e. The summed E-state index contributed by atoms with van der Waals surface area (Å²) in [5, 5.41) is 6.65. The summed E-state index contributed by atoms with van der Waals surface area (Å²) in [7, 11) is 0. The lowest BCUT2D eigenvalue weighted by atomic mass is 10.1. The second-order valence-corrected chi connectivity index (χ2v) is 5.42. The van der Waals surface area contributed by atoms with Gasteiger partial charge >= 0.3 is 0 Å². The molecule has 0 unspecified atom stereocenters. The minimum absolute atomic E-state index is 0.152. The Hall–Kier alpha value is -1.36. The fraction of sp³-hybridized carbons (Fsp3) is 0.692. The Kier molecular flexibility index (Phi) is 3.07. The average Bonchev–Trinajstić information content (AvgIpc) is 2.95. The quantitative estimate of drug-likeness (QED) is 0.871. The van der Waals surface area contributed by atoms with Gasteiger partial charge in [-0.25, -0.2) is 0 Å². The zero-order valence-corrected chi connectivity index (χ0v) is 10.7. The molecular weight excluding hydrogens is 230 g/mol. The van der Waals surface area contributed by atoms with Crippen LogP contribution in [0.5, 0.6) is 0 Å². The van der Waals surface area contributed by atoms with E-state index in [4.69, 9.17) is 4.52 Å². The molecule has 0 radical (unpaired) electrons. The fourth-order valence-corrected chi connectivity index (χ4v) is 2.60. The number of rotatable bonds is 4. The summed E-state index contributed by atoms with van der Waals surface area (Å²) in [4.78, 5) is 14.3. The normalized spacial score (nSPS) is 24.4. The Labute approximate surface area is 107 Å². The van der Waals surface area contributed by atoms with Crippen molar-refractivity contribution >= 4 is 5.91 Å². The molecule has 1 aliphatic carbocycles. The zero-order chi connectivity index (χ0) is 12.5. The van der Waals surface area contributed by atoms with Crippen molar-refractivity contribution in [1.82, 2.24) is 15.4 Å². The molecule has 1 aromatic heterocycles. The number of hydrogen-bond acceptors (Lipinski definition) is 4. The van der Waals surface area contributed by atoms with E-state index in [0.29, 0.717) is 11.7 Å². The van der Waals surface area contributed by atoms with Gasteiger partial charge in [0.25, 0.3) is 5.91 Å². The molecule has 1 aliphatic heterocycles. The minimum Gasteiger partial charge on any atom is -0.351 e. The molecule has 0 aromatic carbocycles. The Bertz CT molecular complexity index is 439. The maximum atomic E-state index is 11.8. The number of carbonyl (C=O) groups excluding carboxylic acids is 1. The van der Waals surface area contributed by atoms with Gasteiger partial charge in [0.1, 0.15) is 0 Å². The number of aromatic nitrogens is 1. The topological polar surface area (TPSA) is 58.4 Å². The fourth-order valence-electron chi connectivity index (χ4n) is 2.60. The second kappa shape index (κ2) is 4.72. The first-order valence-corrected chi connectivity index (χ1v) is 6.68. The molecule has 1 aromatic rings. The lowest BCUT2D eigenvalue weighted by Gasteiger charge is -2.14. The van der Waals surface area contributed by atoms with Gasteiger partial charge in [-0.3, -0.25) is 4.79 Å². The predicted octanol–water partition coefficient (Wildman–Crippen LogP) is 1.20. The smallest absolute Gasteiger partial charge is 0.289 e. The van der Waals surface area contributed by atoms with Crippen molar-refractivity contribution < 1.29 is 9.32 Å². The van der Waals surface area contributed by atoms with Gasteiger partial charge in [0, 0.05) is 25.2 Å². The van der Waals surface area contributed by atoms with Crippen LogP contribution >= 0.6 is 0 Å². The van der Waals surface area contributed by atoms with Gasteiger partial charge in [-0.2, -0.15) is 0 Å². The van der Waals surface area contributed by atoms with Crippen LogP contribution in [0.3, 0.4) is 0 Å². The monoisotopic (exact) mass is 249 g/mol. The lowest BCUT2D eigenvalue weighted by molar-refractivity contribution is 0.0910. The van der Waals surface area contributed by atoms with Crippen LogP contribution in [0, 0.1) is 12.8 Å². The van der Waals surface area contributed by atoms with E-state index in [1.807, 2.05) is 6.92 Å². The highest BCUT2D eigenvalue weighted by Crippen LogP contribution is 2.31. The Balaban J connectivity index is 1.45. The molecule has 5 heteroatoms. The average molecular weight is 249 g/mol. The van der Waals surface area contributed by atoms with E-state index in [2.05, 4.69) is 15.4 Å². The van der Waals surface area contributed by atoms with Crippen LogP contribution in [0.2, 0.25) is 0 Å². The van der Waals surface area contributed by atoms with Crippen LogP contribution in [-0.4, -0.2) is 41.6 Å². The summed E-state index contributed by atoms with van der Waals surface area (Å²) >= 11 is 0. The van der Waals surface area contributed by atoms with Gasteiger partial charge in [-0.15, -0.1) is 0 Å². The maximum Gasteiger partial charge on any atom is 0.289 e. The van der Waals surface area contributed by atoms with Crippen molar-refractivity contribution in [3.63, 3.8) is 0 Å². The maximum absolute atomic E-state index is 11.8. The molecular formula is C13H19N3O2. The first-order valence-electron chi connectivity index (χ1n) is 6.68. The van der Waals surface area contributed by atoms with Crippen molar-refractivity contribution in [2.75, 3.05) is 19.6 Å². The van der Waals surface area contributed by atoms with Gasteiger partial charge in [0.05, 0.1) is 5.69 Å². The molecule has 1 atom stereocenters. The Morgan fingerprint density at radius 3 is 3.06 bits per heavy atom. The van der Waals surface area contributed by atoms with Crippen LogP contribution in [0.25, 0.3) is 0 Å². The third kappa shape index (κ3) is 2.56. The molecule has 1 saturated heterocycles. The number of likely N-dealkylation sites (tertiary alicyclic amines) is 1. The highest BCUT2D eigenvalue weighted by atomic mass is 16.5. The van der Waals surface area contributed by atoms with Crippen molar-refractivity contribution in [2.45, 2.75) is 32.2 Å². The molecule has 0 bridgehead atoms. The molecule has 5 nitrogen and oxygen atoms in total. The molecule has 2 aliphatic rings. The third-order valence-electron chi connectivity index (χ3n) is 3.78. The predicted molar refractivity (Wildman–Crippen MR) is 66.3 cm³/mol. The van der Waals surface area contributed by atoms with Crippen LogP contribution < -0.4 is 5.32 Å². The van der Waals surface area contributed by atoms with E-state index in [1.54, 1.807) is 6.07 Å². The van der Waals surface area contributed by atoms with Crippen molar-refractivity contribution in [1.29, 1.82) is 0 Å². The van der Waals surface area contributed by atoms with Gasteiger partial charge in [0.2, 0.25) is 5.76 Å². The minimum atomic E-state index is -0.152. The molecule has 2 fully saturated rings. The summed E-state index contributed by atoms with van der Waals surface area (Å²) in [5.74, 6) is 0.739. The number of amides is 1. The first kappa shape index (κ1) is 11.7. The van der Waals surface area contributed by atoms with Crippen LogP contribution in [0.1, 0.15) is 35.5 Å². The Morgan fingerprint density at radius 1 is 1.56 bits per heavy atom. The summed E-state index contributed by atoms with van der Waals surface area (Å²) in [5.41, 5.74) is 0.737. The van der Waals surface area contributed by atoms with E-state index in [0.717, 1.165) is 24.8 Å². The molecule has 18 heavy (non-hydrogen) atoms. The van der Waals surface area contributed by atoms with E-state index < -0.39 is 0 Å². The van der Waals surface area contributed by atoms with Gasteiger partial charge in [-0.05, 0) is 38.6 Å². The number of aryl methyl sites for hydroxylation is 1. The van der Waals surface area contributed by atoms with Crippen molar-refractivity contribution in [3.8, 4) is 0 Å². The van der Waals surface area contributed by atoms with Crippen LogP contribution in [0.4, 0.5) is 0 Å². The summed E-state index contributed by atoms with van der Waals surface area (Å²) in [6, 6.07) is 2.50. The van der Waals surface area contributed by atoms with E-state index in [-0.39, 0.29) is 5.91 Å². The zero-order valence-electron chi connectivity index (χ0n) is 10.7. The van der Waals surface area contributed by atoms with Gasteiger partial charge < -0.3 is 14.7 Å². The van der Waals surface area contributed by atoms with Gasteiger partial charge in [0.15, 0.2) is 0 Å². The SMILES string of the molecule is Cc1cc(C(=O)NC[C@H]2CCN(C3CC3)C2)on1. The van der Waals surface area contributed by atoms with Gasteiger partial charge in [-0.1, -0.05) is 5.16 Å². The number of carbonyl (C=O) groups is 1. The molecule has 0 spiro atoms. The molecule has 1 amide bonds. The number of nitrogens with zero attached hydrogens (tertiary/aromatic N) is 2. The molecule has 2 heterocycles. The summed E-state index contributed by atoms with van der Waals surface area (Å²) in [6.07, 6.45) is 3.90. The molecule has 3 rings (SSSR count). The highest BCUT2D eigenvalue weighted by Gasteiger charge is 2.34. The standard InChI is InChI=1S/C13H19N3O2/c1-9-6-12(18-15-9)13(17)14-7-10-4-5-16(8-10)11-2-3-11/h6,10-11H,2-5,7-8H2,1H3,(H,14,17)/t10-/m1/s1. The first-order chi connectivity index (χ1) is 8.72. The van der Waals surface area contributed by atoms with E-state index in [1.165, 1.54) is 25.8 Å². The Morgan fingerprint density at radius 2 is 2.39 bits per heavy atom. The van der Waals surface area contributed by atoms with E-state index in [9.17, 15) is 4.79 Å². The number of hydrogen-bond donors (Lipinski definition) is 1. The molecule has 1 saturated carbocycles. The molecule has 1 N–H and O–H groups in total. The third-order valence-corrected chi connectivity index (χ3v) is 3.78. The van der Waals surface area contributed by atoms with Crippen molar-refractivity contribution in [2.24, 2.45) is 5.92 Å². The molecule has 98 valence electrons. The number of nitrogens with one attached hydrogen (secondary N) is 1. The lowest BCUT2D eigenvalue weighted by Crippen LogP contribution is -2.31.